The number of aromatic amines is 1. The summed E-state index contributed by atoms with van der Waals surface area (Å²) in [6.45, 7) is 3.28. The van der Waals surface area contributed by atoms with Crippen molar-refractivity contribution in [2.24, 2.45) is 0 Å². The number of hydrogen-bond acceptors (Lipinski definition) is 6. The van der Waals surface area contributed by atoms with Gasteiger partial charge in [0.05, 0.1) is 18.5 Å². The van der Waals surface area contributed by atoms with Crippen LogP contribution in [0.3, 0.4) is 0 Å². The van der Waals surface area contributed by atoms with Gasteiger partial charge in [-0.05, 0) is 26.0 Å². The van der Waals surface area contributed by atoms with Gasteiger partial charge >= 0.3 is 5.97 Å². The predicted octanol–water partition coefficient (Wildman–Crippen LogP) is 3.75. The van der Waals surface area contributed by atoms with E-state index in [4.69, 9.17) is 21.1 Å². The summed E-state index contributed by atoms with van der Waals surface area (Å²) < 4.78 is 37.6. The minimum absolute atomic E-state index is 0.0583. The largest absolute Gasteiger partial charge is 0.487 e. The molecule has 1 aromatic carbocycles. The average molecular weight is 450 g/mol. The molecule has 0 aliphatic rings. The van der Waals surface area contributed by atoms with Crippen LogP contribution >= 0.6 is 11.6 Å². The normalized spacial score (nSPS) is 10.7. The molecule has 0 spiro atoms. The van der Waals surface area contributed by atoms with Crippen LogP contribution in [-0.2, 0) is 17.8 Å². The lowest BCUT2D eigenvalue weighted by molar-refractivity contribution is 0.0519. The Hall–Kier alpha value is -3.33. The molecule has 3 rings (SSSR count). The van der Waals surface area contributed by atoms with E-state index in [2.05, 4.69) is 15.0 Å². The minimum atomic E-state index is -0.778. The summed E-state index contributed by atoms with van der Waals surface area (Å²) >= 11 is 6.15. The standard InChI is InChI=1S/C21H18ClF2N3O4/c1-3-30-21(29)17-9-25-14(8-26-17)7-15-11(2)27-20(28)18(22)19(15)31-10-12-4-5-13(23)6-16(12)24/h4-6,8-9H,3,7,10H2,1-2H3,(H,27,28). The van der Waals surface area contributed by atoms with Crippen LogP contribution in [0, 0.1) is 18.6 Å². The van der Waals surface area contributed by atoms with Gasteiger partial charge in [-0.3, -0.25) is 9.78 Å². The van der Waals surface area contributed by atoms with Gasteiger partial charge in [0, 0.05) is 35.5 Å². The first-order chi connectivity index (χ1) is 14.8. The first kappa shape index (κ1) is 22.4. The molecule has 3 aromatic rings. The molecular weight excluding hydrogens is 432 g/mol. The van der Waals surface area contributed by atoms with Gasteiger partial charge in [-0.15, -0.1) is 0 Å². The molecule has 0 aliphatic carbocycles. The first-order valence-corrected chi connectivity index (χ1v) is 9.64. The number of carbonyl (C=O) groups is 1. The molecule has 0 amide bonds. The van der Waals surface area contributed by atoms with E-state index in [1.807, 2.05) is 0 Å². The molecule has 0 aliphatic heterocycles. The van der Waals surface area contributed by atoms with E-state index >= 15 is 0 Å². The number of hydrogen-bond donors (Lipinski definition) is 1. The number of pyridine rings is 1. The lowest BCUT2D eigenvalue weighted by Crippen LogP contribution is -2.15. The smallest absolute Gasteiger partial charge is 0.358 e. The second-order valence-corrected chi connectivity index (χ2v) is 6.89. The van der Waals surface area contributed by atoms with E-state index in [0.29, 0.717) is 17.0 Å². The summed E-state index contributed by atoms with van der Waals surface area (Å²) in [5.74, 6) is -2.02. The monoisotopic (exact) mass is 449 g/mol. The zero-order chi connectivity index (χ0) is 22.5. The molecule has 0 saturated heterocycles. The molecule has 7 nitrogen and oxygen atoms in total. The molecule has 10 heteroatoms. The molecule has 1 N–H and O–H groups in total. The van der Waals surface area contributed by atoms with E-state index < -0.39 is 23.2 Å². The fraction of sp³-hybridized carbons (Fsp3) is 0.238. The zero-order valence-electron chi connectivity index (χ0n) is 16.7. The number of rotatable bonds is 7. The van der Waals surface area contributed by atoms with Crippen molar-refractivity contribution in [3.8, 4) is 5.75 Å². The van der Waals surface area contributed by atoms with Crippen LogP contribution in [-0.4, -0.2) is 27.5 Å². The molecule has 0 unspecified atom stereocenters. The van der Waals surface area contributed by atoms with Gasteiger partial charge in [0.15, 0.2) is 5.69 Å². The molecule has 0 bridgehead atoms. The molecule has 0 atom stereocenters. The number of nitrogens with zero attached hydrogens (tertiary/aromatic N) is 2. The lowest BCUT2D eigenvalue weighted by atomic mass is 10.1. The summed E-state index contributed by atoms with van der Waals surface area (Å²) in [5.41, 5.74) is 1.04. The van der Waals surface area contributed by atoms with Gasteiger partial charge in [0.2, 0.25) is 0 Å². The number of aromatic nitrogens is 3. The van der Waals surface area contributed by atoms with Crippen molar-refractivity contribution in [3.05, 3.63) is 85.8 Å². The number of halogens is 3. The second kappa shape index (κ2) is 9.65. The summed E-state index contributed by atoms with van der Waals surface area (Å²) in [5, 5.41) is -0.209. The Morgan fingerprint density at radius 2 is 2.00 bits per heavy atom. The quantitative estimate of drug-likeness (QED) is 0.552. The molecule has 2 aromatic heterocycles. The van der Waals surface area contributed by atoms with Crippen LogP contribution < -0.4 is 10.3 Å². The first-order valence-electron chi connectivity index (χ1n) is 9.26. The molecule has 31 heavy (non-hydrogen) atoms. The van der Waals surface area contributed by atoms with Crippen molar-refractivity contribution in [2.45, 2.75) is 26.9 Å². The van der Waals surface area contributed by atoms with Crippen molar-refractivity contribution in [3.63, 3.8) is 0 Å². The predicted molar refractivity (Wildman–Crippen MR) is 108 cm³/mol. The van der Waals surface area contributed by atoms with Gasteiger partial charge in [-0.2, -0.15) is 0 Å². The Labute approximate surface area is 181 Å². The third kappa shape index (κ3) is 5.24. The molecule has 0 radical (unpaired) electrons. The number of nitrogens with one attached hydrogen (secondary N) is 1. The second-order valence-electron chi connectivity index (χ2n) is 6.52. The average Bonchev–Trinajstić information content (AvgIpc) is 2.73. The maximum absolute atomic E-state index is 13.9. The number of ether oxygens (including phenoxy) is 2. The maximum Gasteiger partial charge on any atom is 0.358 e. The van der Waals surface area contributed by atoms with Crippen molar-refractivity contribution in [1.82, 2.24) is 15.0 Å². The molecule has 162 valence electrons. The highest BCUT2D eigenvalue weighted by Gasteiger charge is 2.18. The molecule has 2 heterocycles. The van der Waals surface area contributed by atoms with Crippen LogP contribution in [0.15, 0.2) is 35.4 Å². The Bertz CT molecular complexity index is 1170. The lowest BCUT2D eigenvalue weighted by Gasteiger charge is -2.15. The summed E-state index contributed by atoms with van der Waals surface area (Å²) in [7, 11) is 0. The van der Waals surface area contributed by atoms with E-state index in [1.54, 1.807) is 13.8 Å². The van der Waals surface area contributed by atoms with Crippen molar-refractivity contribution in [2.75, 3.05) is 6.61 Å². The topological polar surface area (TPSA) is 94.2 Å². The van der Waals surface area contributed by atoms with E-state index in [9.17, 15) is 18.4 Å². The van der Waals surface area contributed by atoms with Crippen LogP contribution in [0.25, 0.3) is 0 Å². The molecule has 0 saturated carbocycles. The highest BCUT2D eigenvalue weighted by molar-refractivity contribution is 6.32. The van der Waals surface area contributed by atoms with E-state index in [1.165, 1.54) is 18.5 Å². The fourth-order valence-corrected chi connectivity index (χ4v) is 3.01. The van der Waals surface area contributed by atoms with E-state index in [0.717, 1.165) is 12.1 Å². The summed E-state index contributed by atoms with van der Waals surface area (Å²) in [6, 6.07) is 3.09. The number of esters is 1. The highest BCUT2D eigenvalue weighted by atomic mass is 35.5. The highest BCUT2D eigenvalue weighted by Crippen LogP contribution is 2.30. The van der Waals surface area contributed by atoms with Crippen LogP contribution in [0.4, 0.5) is 8.78 Å². The Kier molecular flexibility index (Phi) is 6.96. The number of carbonyl (C=O) groups excluding carboxylic acids is 1. The van der Waals surface area contributed by atoms with Crippen molar-refractivity contribution in [1.29, 1.82) is 0 Å². The van der Waals surface area contributed by atoms with Gasteiger partial charge in [-0.25, -0.2) is 18.6 Å². The summed E-state index contributed by atoms with van der Waals surface area (Å²) in [4.78, 5) is 34.7. The zero-order valence-corrected chi connectivity index (χ0v) is 17.4. The molecular formula is C21H18ClF2N3O4. The maximum atomic E-state index is 13.9. The van der Waals surface area contributed by atoms with Crippen molar-refractivity contribution >= 4 is 17.6 Å². The van der Waals surface area contributed by atoms with Gasteiger partial charge in [0.25, 0.3) is 5.56 Å². The van der Waals surface area contributed by atoms with E-state index in [-0.39, 0.29) is 41.7 Å². The van der Waals surface area contributed by atoms with Gasteiger partial charge in [-0.1, -0.05) is 11.6 Å². The van der Waals surface area contributed by atoms with Crippen molar-refractivity contribution < 1.29 is 23.0 Å². The SMILES string of the molecule is CCOC(=O)c1cnc(Cc2c(C)[nH]c(=O)c(Cl)c2OCc2ccc(F)cc2F)cn1. The molecule has 0 fully saturated rings. The number of benzene rings is 1. The van der Waals surface area contributed by atoms with Gasteiger partial charge < -0.3 is 14.5 Å². The number of aryl methyl sites for hydroxylation is 1. The fourth-order valence-electron chi connectivity index (χ4n) is 2.80. The third-order valence-electron chi connectivity index (χ3n) is 4.36. The number of H-pyrrole nitrogens is 1. The Morgan fingerprint density at radius 3 is 2.65 bits per heavy atom. The van der Waals surface area contributed by atoms with Crippen LogP contribution in [0.2, 0.25) is 5.02 Å². The third-order valence-corrected chi connectivity index (χ3v) is 4.70. The van der Waals surface area contributed by atoms with Crippen LogP contribution in [0.5, 0.6) is 5.75 Å². The van der Waals surface area contributed by atoms with Crippen LogP contribution in [0.1, 0.15) is 39.9 Å². The Morgan fingerprint density at radius 1 is 1.23 bits per heavy atom. The minimum Gasteiger partial charge on any atom is -0.487 e. The Balaban J connectivity index is 1.89. The summed E-state index contributed by atoms with van der Waals surface area (Å²) in [6.07, 6.45) is 2.85. The van der Waals surface area contributed by atoms with Gasteiger partial charge in [0.1, 0.15) is 29.0 Å².